The maximum Gasteiger partial charge on any atom is 0.270 e. The Labute approximate surface area is 98.6 Å². The van der Waals surface area contributed by atoms with Crippen LogP contribution in [-0.4, -0.2) is 45.8 Å². The van der Waals surface area contributed by atoms with E-state index in [-0.39, 0.29) is 17.2 Å². The lowest BCUT2D eigenvalue weighted by atomic mass is 10.1. The van der Waals surface area contributed by atoms with Crippen molar-refractivity contribution in [1.29, 1.82) is 0 Å². The highest BCUT2D eigenvalue weighted by molar-refractivity contribution is 8.00. The molecule has 0 bridgehead atoms. The lowest BCUT2D eigenvalue weighted by Crippen LogP contribution is -2.54. The van der Waals surface area contributed by atoms with Crippen molar-refractivity contribution in [3.8, 4) is 0 Å². The minimum absolute atomic E-state index is 0.0517. The zero-order chi connectivity index (χ0) is 11.1. The molecule has 2 fully saturated rings. The minimum atomic E-state index is 0.0517. The molecule has 3 rings (SSSR count). The summed E-state index contributed by atoms with van der Waals surface area (Å²) in [6.07, 6.45) is 4.67. The SMILES string of the molecule is O=C(C1=CCSC2CC(=O)N12)N1CCCC1. The van der Waals surface area contributed by atoms with Crippen molar-refractivity contribution in [3.05, 3.63) is 11.8 Å². The van der Waals surface area contributed by atoms with Crippen molar-refractivity contribution >= 4 is 23.6 Å². The number of thioether (sulfide) groups is 1. The Kier molecular flexibility index (Phi) is 2.42. The Bertz CT molecular complexity index is 374. The number of fused-ring (bicyclic) bond motifs is 1. The van der Waals surface area contributed by atoms with Gasteiger partial charge >= 0.3 is 0 Å². The number of hydrogen-bond acceptors (Lipinski definition) is 3. The molecule has 2 saturated heterocycles. The molecule has 0 aromatic heterocycles. The Hall–Kier alpha value is -0.970. The molecule has 3 heterocycles. The molecule has 0 N–H and O–H groups in total. The molecule has 86 valence electrons. The predicted molar refractivity (Wildman–Crippen MR) is 61.6 cm³/mol. The molecule has 16 heavy (non-hydrogen) atoms. The zero-order valence-electron chi connectivity index (χ0n) is 9.02. The molecular formula is C11H14N2O2S. The van der Waals surface area contributed by atoms with Gasteiger partial charge < -0.3 is 4.90 Å². The van der Waals surface area contributed by atoms with E-state index in [2.05, 4.69) is 0 Å². The van der Waals surface area contributed by atoms with E-state index in [1.54, 1.807) is 16.7 Å². The second kappa shape index (κ2) is 3.80. The first kappa shape index (κ1) is 10.2. The molecule has 3 aliphatic rings. The molecule has 0 saturated carbocycles. The van der Waals surface area contributed by atoms with Gasteiger partial charge in [0.15, 0.2) is 0 Å². The minimum Gasteiger partial charge on any atom is -0.337 e. The first-order valence-corrected chi connectivity index (χ1v) is 6.75. The molecule has 1 unspecified atom stereocenters. The van der Waals surface area contributed by atoms with Crippen molar-refractivity contribution in [2.24, 2.45) is 0 Å². The summed E-state index contributed by atoms with van der Waals surface area (Å²) in [7, 11) is 0. The molecule has 1 atom stereocenters. The van der Waals surface area contributed by atoms with Crippen molar-refractivity contribution < 1.29 is 9.59 Å². The standard InChI is InChI=1S/C11H14N2O2S/c14-9-7-10-13(9)8(3-6-16-10)11(15)12-4-1-2-5-12/h3,10H,1-2,4-7H2. The average molecular weight is 238 g/mol. The van der Waals surface area contributed by atoms with E-state index in [9.17, 15) is 9.59 Å². The number of β-lactam (4-membered cyclic amide) rings is 1. The topological polar surface area (TPSA) is 40.6 Å². The number of likely N-dealkylation sites (tertiary alicyclic amines) is 1. The largest absolute Gasteiger partial charge is 0.337 e. The normalized spacial score (nSPS) is 28.6. The maximum absolute atomic E-state index is 12.2. The fraction of sp³-hybridized carbons (Fsp3) is 0.636. The molecule has 0 aliphatic carbocycles. The summed E-state index contributed by atoms with van der Waals surface area (Å²) >= 11 is 1.74. The molecule has 0 aromatic rings. The fourth-order valence-electron chi connectivity index (χ4n) is 2.42. The second-order valence-electron chi connectivity index (χ2n) is 4.34. The van der Waals surface area contributed by atoms with Crippen LogP contribution in [-0.2, 0) is 9.59 Å². The Balaban J connectivity index is 1.79. The molecule has 5 heteroatoms. The van der Waals surface area contributed by atoms with Crippen LogP contribution in [0.2, 0.25) is 0 Å². The van der Waals surface area contributed by atoms with Crippen LogP contribution in [0.4, 0.5) is 0 Å². The lowest BCUT2D eigenvalue weighted by Gasteiger charge is -2.43. The molecular weight excluding hydrogens is 224 g/mol. The van der Waals surface area contributed by atoms with Crippen LogP contribution >= 0.6 is 11.8 Å². The maximum atomic E-state index is 12.2. The van der Waals surface area contributed by atoms with Crippen LogP contribution in [0.5, 0.6) is 0 Å². The average Bonchev–Trinajstić information content (AvgIpc) is 2.79. The highest BCUT2D eigenvalue weighted by atomic mass is 32.2. The monoisotopic (exact) mass is 238 g/mol. The summed E-state index contributed by atoms with van der Waals surface area (Å²) in [5.74, 6) is 0.996. The van der Waals surface area contributed by atoms with E-state index in [1.165, 1.54) is 0 Å². The van der Waals surface area contributed by atoms with Gasteiger partial charge in [0, 0.05) is 18.8 Å². The smallest absolute Gasteiger partial charge is 0.270 e. The molecule has 4 nitrogen and oxygen atoms in total. The van der Waals surface area contributed by atoms with Gasteiger partial charge in [0.05, 0.1) is 11.8 Å². The van der Waals surface area contributed by atoms with E-state index in [0.29, 0.717) is 12.1 Å². The number of hydrogen-bond donors (Lipinski definition) is 0. The predicted octanol–water partition coefficient (Wildman–Crippen LogP) is 0.798. The first-order chi connectivity index (χ1) is 7.77. The number of amides is 2. The van der Waals surface area contributed by atoms with Gasteiger partial charge in [-0.3, -0.25) is 14.5 Å². The highest BCUT2D eigenvalue weighted by Crippen LogP contribution is 2.37. The second-order valence-corrected chi connectivity index (χ2v) is 5.56. The van der Waals surface area contributed by atoms with Gasteiger partial charge in [0.25, 0.3) is 5.91 Å². The number of nitrogens with zero attached hydrogens (tertiary/aromatic N) is 2. The van der Waals surface area contributed by atoms with Crippen LogP contribution < -0.4 is 0 Å². The number of carbonyl (C=O) groups is 2. The van der Waals surface area contributed by atoms with Crippen LogP contribution in [0, 0.1) is 0 Å². The van der Waals surface area contributed by atoms with Gasteiger partial charge in [0.2, 0.25) is 5.91 Å². The van der Waals surface area contributed by atoms with E-state index in [1.807, 2.05) is 11.0 Å². The number of carbonyl (C=O) groups excluding carboxylic acids is 2. The molecule has 3 aliphatic heterocycles. The summed E-state index contributed by atoms with van der Waals surface area (Å²) in [5, 5.41) is 0.221. The van der Waals surface area contributed by atoms with Gasteiger partial charge in [-0.05, 0) is 18.9 Å². The third-order valence-electron chi connectivity index (χ3n) is 3.34. The highest BCUT2D eigenvalue weighted by Gasteiger charge is 2.43. The Morgan fingerprint density at radius 1 is 1.38 bits per heavy atom. The van der Waals surface area contributed by atoms with E-state index in [4.69, 9.17) is 0 Å². The first-order valence-electron chi connectivity index (χ1n) is 5.70. The van der Waals surface area contributed by atoms with Crippen molar-refractivity contribution in [1.82, 2.24) is 9.80 Å². The van der Waals surface area contributed by atoms with E-state index in [0.717, 1.165) is 31.7 Å². The molecule has 2 amide bonds. The lowest BCUT2D eigenvalue weighted by molar-refractivity contribution is -0.143. The third-order valence-corrected chi connectivity index (χ3v) is 4.46. The van der Waals surface area contributed by atoms with Crippen LogP contribution in [0.1, 0.15) is 19.3 Å². The third kappa shape index (κ3) is 1.45. The van der Waals surface area contributed by atoms with Gasteiger partial charge in [0.1, 0.15) is 5.70 Å². The molecule has 0 radical (unpaired) electrons. The van der Waals surface area contributed by atoms with Gasteiger partial charge in [-0.25, -0.2) is 0 Å². The van der Waals surface area contributed by atoms with E-state index < -0.39 is 0 Å². The summed E-state index contributed by atoms with van der Waals surface area (Å²) in [5.41, 5.74) is 0.627. The quantitative estimate of drug-likeness (QED) is 0.634. The van der Waals surface area contributed by atoms with Crippen LogP contribution in [0.3, 0.4) is 0 Å². The summed E-state index contributed by atoms with van der Waals surface area (Å²) in [4.78, 5) is 27.2. The van der Waals surface area contributed by atoms with Crippen LogP contribution in [0.15, 0.2) is 11.8 Å². The zero-order valence-corrected chi connectivity index (χ0v) is 9.83. The molecule has 0 aromatic carbocycles. The van der Waals surface area contributed by atoms with Gasteiger partial charge in [-0.1, -0.05) is 0 Å². The number of rotatable bonds is 1. The Morgan fingerprint density at radius 3 is 2.81 bits per heavy atom. The Morgan fingerprint density at radius 2 is 2.12 bits per heavy atom. The van der Waals surface area contributed by atoms with Gasteiger partial charge in [-0.15, -0.1) is 11.8 Å². The van der Waals surface area contributed by atoms with Crippen molar-refractivity contribution in [3.63, 3.8) is 0 Å². The van der Waals surface area contributed by atoms with Crippen LogP contribution in [0.25, 0.3) is 0 Å². The van der Waals surface area contributed by atoms with E-state index >= 15 is 0 Å². The summed E-state index contributed by atoms with van der Waals surface area (Å²) < 4.78 is 0. The summed E-state index contributed by atoms with van der Waals surface area (Å²) in [6, 6.07) is 0. The fourth-order valence-corrected chi connectivity index (χ4v) is 3.54. The summed E-state index contributed by atoms with van der Waals surface area (Å²) in [6.45, 7) is 1.69. The van der Waals surface area contributed by atoms with Gasteiger partial charge in [-0.2, -0.15) is 0 Å². The van der Waals surface area contributed by atoms with Crippen molar-refractivity contribution in [2.75, 3.05) is 18.8 Å². The molecule has 0 spiro atoms. The van der Waals surface area contributed by atoms with Crippen molar-refractivity contribution in [2.45, 2.75) is 24.6 Å².